The maximum atomic E-state index is 12.9. The molecule has 0 aliphatic carbocycles. The lowest BCUT2D eigenvalue weighted by Crippen LogP contribution is -2.19. The van der Waals surface area contributed by atoms with E-state index in [1.54, 1.807) is 30.3 Å². The number of hydrogen-bond donors (Lipinski definition) is 2. The second kappa shape index (κ2) is 5.97. The summed E-state index contributed by atoms with van der Waals surface area (Å²) in [5, 5.41) is 21.5. The minimum absolute atomic E-state index is 0.0668. The molecule has 24 heavy (non-hydrogen) atoms. The molecular formula is C21H26O3. The fraction of sp³-hybridized carbons (Fsp3) is 0.381. The van der Waals surface area contributed by atoms with Crippen LogP contribution in [0.25, 0.3) is 0 Å². The van der Waals surface area contributed by atoms with Crippen molar-refractivity contribution in [1.29, 1.82) is 0 Å². The summed E-state index contributed by atoms with van der Waals surface area (Å²) < 4.78 is 0. The van der Waals surface area contributed by atoms with Gasteiger partial charge in [0.15, 0.2) is 5.78 Å². The molecule has 0 aliphatic heterocycles. The van der Waals surface area contributed by atoms with Gasteiger partial charge in [-0.25, -0.2) is 0 Å². The van der Waals surface area contributed by atoms with Gasteiger partial charge in [-0.15, -0.1) is 0 Å². The zero-order valence-corrected chi connectivity index (χ0v) is 15.3. The average molecular weight is 326 g/mol. The van der Waals surface area contributed by atoms with Crippen molar-refractivity contribution in [1.82, 2.24) is 0 Å². The van der Waals surface area contributed by atoms with Gasteiger partial charge < -0.3 is 10.2 Å². The summed E-state index contributed by atoms with van der Waals surface area (Å²) in [6, 6.07) is 10.5. The third-order valence-corrected chi connectivity index (χ3v) is 4.11. The highest BCUT2D eigenvalue weighted by atomic mass is 16.3. The van der Waals surface area contributed by atoms with Crippen LogP contribution in [-0.2, 0) is 10.8 Å². The molecule has 0 fully saturated rings. The molecule has 0 aliphatic rings. The van der Waals surface area contributed by atoms with Crippen molar-refractivity contribution >= 4 is 5.78 Å². The van der Waals surface area contributed by atoms with Crippen LogP contribution in [0.5, 0.6) is 11.5 Å². The van der Waals surface area contributed by atoms with Gasteiger partial charge in [-0.2, -0.15) is 0 Å². The van der Waals surface area contributed by atoms with E-state index in [0.29, 0.717) is 16.7 Å². The molecular weight excluding hydrogens is 300 g/mol. The summed E-state index contributed by atoms with van der Waals surface area (Å²) in [4.78, 5) is 12.9. The zero-order valence-electron chi connectivity index (χ0n) is 15.3. The Morgan fingerprint density at radius 2 is 1.38 bits per heavy atom. The van der Waals surface area contributed by atoms with Gasteiger partial charge in [0.25, 0.3) is 0 Å². The van der Waals surface area contributed by atoms with Gasteiger partial charge >= 0.3 is 0 Å². The fourth-order valence-corrected chi connectivity index (χ4v) is 2.86. The summed E-state index contributed by atoms with van der Waals surface area (Å²) in [6.07, 6.45) is 0. The van der Waals surface area contributed by atoms with Crippen LogP contribution < -0.4 is 0 Å². The third kappa shape index (κ3) is 3.30. The van der Waals surface area contributed by atoms with E-state index in [1.807, 2.05) is 47.6 Å². The van der Waals surface area contributed by atoms with E-state index < -0.39 is 5.41 Å². The van der Waals surface area contributed by atoms with E-state index in [0.717, 1.165) is 0 Å². The topological polar surface area (TPSA) is 57.5 Å². The van der Waals surface area contributed by atoms with Crippen molar-refractivity contribution in [2.45, 2.75) is 52.4 Å². The Morgan fingerprint density at radius 1 is 0.833 bits per heavy atom. The number of aromatic hydroxyl groups is 2. The molecule has 0 radical (unpaired) electrons. The van der Waals surface area contributed by atoms with Crippen molar-refractivity contribution in [3.05, 3.63) is 58.7 Å². The summed E-state index contributed by atoms with van der Waals surface area (Å²) >= 11 is 0. The van der Waals surface area contributed by atoms with Gasteiger partial charge in [-0.3, -0.25) is 4.79 Å². The molecule has 0 saturated heterocycles. The van der Waals surface area contributed by atoms with Gasteiger partial charge in [-0.1, -0.05) is 71.9 Å². The van der Waals surface area contributed by atoms with E-state index in [4.69, 9.17) is 0 Å². The third-order valence-electron chi connectivity index (χ3n) is 4.11. The average Bonchev–Trinajstić information content (AvgIpc) is 2.45. The van der Waals surface area contributed by atoms with Gasteiger partial charge in [0.05, 0.1) is 5.56 Å². The lowest BCUT2D eigenvalue weighted by molar-refractivity contribution is 0.103. The summed E-state index contributed by atoms with van der Waals surface area (Å²) in [6.45, 7) is 11.6. The molecule has 0 atom stereocenters. The predicted molar refractivity (Wildman–Crippen MR) is 97.0 cm³/mol. The van der Waals surface area contributed by atoms with E-state index in [-0.39, 0.29) is 28.3 Å². The smallest absolute Gasteiger partial charge is 0.196 e. The summed E-state index contributed by atoms with van der Waals surface area (Å²) in [5.41, 5.74) is 0.954. The van der Waals surface area contributed by atoms with E-state index in [9.17, 15) is 15.0 Å². The van der Waals surface area contributed by atoms with Crippen molar-refractivity contribution < 1.29 is 15.0 Å². The Labute approximate surface area is 144 Å². The second-order valence-electron chi connectivity index (χ2n) is 8.24. The molecule has 0 aromatic heterocycles. The molecule has 0 unspecified atom stereocenters. The number of phenols is 2. The molecule has 0 spiro atoms. The number of carbonyl (C=O) groups is 1. The molecule has 2 rings (SSSR count). The first-order valence-electron chi connectivity index (χ1n) is 8.14. The van der Waals surface area contributed by atoms with Crippen LogP contribution in [-0.4, -0.2) is 16.0 Å². The predicted octanol–water partition coefficient (Wildman–Crippen LogP) is 4.92. The highest BCUT2D eigenvalue weighted by molar-refractivity contribution is 6.11. The molecule has 3 nitrogen and oxygen atoms in total. The first-order valence-corrected chi connectivity index (χ1v) is 8.14. The Kier molecular flexibility index (Phi) is 4.49. The van der Waals surface area contributed by atoms with Crippen molar-refractivity contribution in [2.24, 2.45) is 0 Å². The fourth-order valence-electron chi connectivity index (χ4n) is 2.86. The Bertz CT molecular complexity index is 760. The molecule has 2 N–H and O–H groups in total. The molecule has 0 amide bonds. The maximum absolute atomic E-state index is 12.9. The highest BCUT2D eigenvalue weighted by Crippen LogP contribution is 2.46. The largest absolute Gasteiger partial charge is 0.507 e. The van der Waals surface area contributed by atoms with Crippen LogP contribution in [0.4, 0.5) is 0 Å². The number of benzene rings is 2. The van der Waals surface area contributed by atoms with Crippen LogP contribution in [0.2, 0.25) is 0 Å². The molecule has 0 bridgehead atoms. The minimum Gasteiger partial charge on any atom is -0.507 e. The standard InChI is InChI=1S/C21H26O3/c1-20(2,3)15-12-14(17(22)13-10-8-7-9-11-13)18(23)16(19(15)24)21(4,5)6/h7-12,23-24H,1-6H3. The second-order valence-corrected chi connectivity index (χ2v) is 8.24. The Balaban J connectivity index is 2.80. The van der Waals surface area contributed by atoms with Crippen LogP contribution >= 0.6 is 0 Å². The first-order chi connectivity index (χ1) is 10.9. The lowest BCUT2D eigenvalue weighted by atomic mass is 9.77. The lowest BCUT2D eigenvalue weighted by Gasteiger charge is -2.29. The van der Waals surface area contributed by atoms with E-state index in [1.165, 1.54) is 0 Å². The number of carbonyl (C=O) groups excluding carboxylic acids is 1. The monoisotopic (exact) mass is 326 g/mol. The van der Waals surface area contributed by atoms with Gasteiger partial charge in [-0.05, 0) is 16.9 Å². The summed E-state index contributed by atoms with van der Waals surface area (Å²) in [7, 11) is 0. The summed E-state index contributed by atoms with van der Waals surface area (Å²) in [5.74, 6) is -0.317. The molecule has 128 valence electrons. The minimum atomic E-state index is -0.499. The molecule has 2 aromatic rings. The highest BCUT2D eigenvalue weighted by Gasteiger charge is 2.32. The molecule has 0 saturated carbocycles. The normalized spacial score (nSPS) is 12.2. The van der Waals surface area contributed by atoms with E-state index >= 15 is 0 Å². The number of ketones is 1. The van der Waals surface area contributed by atoms with Crippen LogP contribution in [0.3, 0.4) is 0 Å². The van der Waals surface area contributed by atoms with Crippen LogP contribution in [0.15, 0.2) is 36.4 Å². The molecule has 0 heterocycles. The van der Waals surface area contributed by atoms with Crippen molar-refractivity contribution in [3.8, 4) is 11.5 Å². The number of phenolic OH excluding ortho intramolecular Hbond substituents is 2. The van der Waals surface area contributed by atoms with E-state index in [2.05, 4.69) is 0 Å². The Hall–Kier alpha value is -2.29. The number of hydrogen-bond acceptors (Lipinski definition) is 3. The molecule has 3 heteroatoms. The van der Waals surface area contributed by atoms with Crippen LogP contribution in [0.1, 0.15) is 68.6 Å². The quantitative estimate of drug-likeness (QED) is 0.770. The first kappa shape index (κ1) is 18.1. The van der Waals surface area contributed by atoms with Crippen LogP contribution in [0, 0.1) is 0 Å². The van der Waals surface area contributed by atoms with Crippen molar-refractivity contribution in [3.63, 3.8) is 0 Å². The van der Waals surface area contributed by atoms with Gasteiger partial charge in [0.2, 0.25) is 0 Å². The van der Waals surface area contributed by atoms with Gasteiger partial charge in [0.1, 0.15) is 11.5 Å². The van der Waals surface area contributed by atoms with Gasteiger partial charge in [0, 0.05) is 16.7 Å². The zero-order chi connectivity index (χ0) is 18.3. The number of rotatable bonds is 2. The Morgan fingerprint density at radius 3 is 1.83 bits per heavy atom. The van der Waals surface area contributed by atoms with Crippen molar-refractivity contribution in [2.75, 3.05) is 0 Å². The maximum Gasteiger partial charge on any atom is 0.196 e. The SMILES string of the molecule is CC(C)(C)c1cc(C(=O)c2ccccc2)c(O)c(C(C)(C)C)c1O. The molecule has 2 aromatic carbocycles.